The van der Waals surface area contributed by atoms with Gasteiger partial charge in [-0.15, -0.1) is 11.3 Å². The van der Waals surface area contributed by atoms with Crippen LogP contribution in [0.25, 0.3) is 17.3 Å². The van der Waals surface area contributed by atoms with Crippen LogP contribution in [-0.2, 0) is 14.8 Å². The van der Waals surface area contributed by atoms with E-state index < -0.39 is 20.9 Å². The lowest BCUT2D eigenvalue weighted by Crippen LogP contribution is -2.24. The Morgan fingerprint density at radius 3 is 2.56 bits per heavy atom. The number of carbonyl (C=O) groups is 1. The monoisotopic (exact) mass is 492 g/mol. The van der Waals surface area contributed by atoms with Gasteiger partial charge in [-0.2, -0.15) is 0 Å². The molecule has 1 heterocycles. The minimum atomic E-state index is -3.35. The van der Waals surface area contributed by atoms with Gasteiger partial charge in [0.15, 0.2) is 5.13 Å². The lowest BCUT2D eigenvalue weighted by molar-refractivity contribution is -0.384. The molecule has 0 atom stereocenters. The first-order chi connectivity index (χ1) is 15.0. The first kappa shape index (κ1) is 23.4. The number of nitrogens with one attached hydrogen (secondary N) is 1. The van der Waals surface area contributed by atoms with Crippen molar-refractivity contribution < 1.29 is 18.1 Å². The van der Waals surface area contributed by atoms with Gasteiger partial charge in [-0.1, -0.05) is 29.8 Å². The third-order valence-electron chi connectivity index (χ3n) is 4.35. The molecule has 0 aliphatic carbocycles. The quantitative estimate of drug-likeness (QED) is 0.296. The Morgan fingerprint density at radius 1 is 1.25 bits per heavy atom. The number of amides is 1. The zero-order valence-corrected chi connectivity index (χ0v) is 19.2. The summed E-state index contributed by atoms with van der Waals surface area (Å²) in [5.74, 6) is -0.450. The Kier molecular flexibility index (Phi) is 6.92. The maximum absolute atomic E-state index is 12.2. The van der Waals surface area contributed by atoms with Gasteiger partial charge in [-0.3, -0.25) is 24.5 Å². The maximum atomic E-state index is 12.2. The lowest BCUT2D eigenvalue weighted by atomic mass is 10.1. The number of benzene rings is 2. The number of anilines is 2. The van der Waals surface area contributed by atoms with E-state index in [4.69, 9.17) is 11.6 Å². The van der Waals surface area contributed by atoms with Crippen molar-refractivity contribution in [2.75, 3.05) is 22.9 Å². The molecule has 0 radical (unpaired) electrons. The third-order valence-corrected chi connectivity index (χ3v) is 6.64. The molecule has 0 aliphatic heterocycles. The predicted molar refractivity (Wildman–Crippen MR) is 127 cm³/mol. The highest BCUT2D eigenvalue weighted by molar-refractivity contribution is 7.92. The fourth-order valence-electron chi connectivity index (χ4n) is 2.59. The van der Waals surface area contributed by atoms with Crippen LogP contribution in [0.5, 0.6) is 0 Å². The van der Waals surface area contributed by atoms with E-state index in [1.165, 1.54) is 47.0 Å². The number of sulfonamides is 1. The molecule has 1 amide bonds. The van der Waals surface area contributed by atoms with E-state index in [-0.39, 0.29) is 10.7 Å². The second-order valence-corrected chi connectivity index (χ2v) is 9.88. The summed E-state index contributed by atoms with van der Waals surface area (Å²) in [4.78, 5) is 26.9. The number of hydrogen-bond donors (Lipinski definition) is 1. The second kappa shape index (κ2) is 9.47. The topological polar surface area (TPSA) is 123 Å². The van der Waals surface area contributed by atoms with Crippen molar-refractivity contribution in [3.8, 4) is 11.3 Å². The van der Waals surface area contributed by atoms with Gasteiger partial charge in [0, 0.05) is 30.1 Å². The number of aromatic nitrogens is 1. The number of carbonyl (C=O) groups excluding carboxylic acids is 1. The van der Waals surface area contributed by atoms with Crippen LogP contribution in [0, 0.1) is 10.1 Å². The van der Waals surface area contributed by atoms with E-state index in [9.17, 15) is 23.3 Å². The molecule has 0 fully saturated rings. The second-order valence-electron chi connectivity index (χ2n) is 6.61. The smallest absolute Gasteiger partial charge is 0.288 e. The zero-order valence-electron chi connectivity index (χ0n) is 16.9. The molecule has 32 heavy (non-hydrogen) atoms. The number of nitro groups is 1. The lowest BCUT2D eigenvalue weighted by Gasteiger charge is -2.16. The Labute approximate surface area is 193 Å². The SMILES string of the molecule is CN(c1ccc(-c2csc(NC(=O)/C=C/c3ccc(Cl)c([N+](=O)[O-])c3)n2)cc1)S(C)(=O)=O. The summed E-state index contributed by atoms with van der Waals surface area (Å²) in [5.41, 5.74) is 2.11. The molecule has 1 N–H and O–H groups in total. The van der Waals surface area contributed by atoms with Gasteiger partial charge in [0.05, 0.1) is 22.6 Å². The van der Waals surface area contributed by atoms with Crippen LogP contribution in [-0.4, -0.2) is 37.5 Å². The fraction of sp³-hybridized carbons (Fsp3) is 0.100. The summed E-state index contributed by atoms with van der Waals surface area (Å²) in [6, 6.07) is 11.0. The average Bonchev–Trinajstić information content (AvgIpc) is 3.20. The number of rotatable bonds is 7. The molecular formula is C20H17ClN4O5S2. The van der Waals surface area contributed by atoms with Gasteiger partial charge in [-0.05, 0) is 29.8 Å². The van der Waals surface area contributed by atoms with E-state index in [1.54, 1.807) is 35.7 Å². The molecule has 3 rings (SSSR count). The van der Waals surface area contributed by atoms with Crippen molar-refractivity contribution in [3.05, 3.63) is 74.6 Å². The summed E-state index contributed by atoms with van der Waals surface area (Å²) in [6.07, 6.45) is 3.80. The normalized spacial score (nSPS) is 11.5. The van der Waals surface area contributed by atoms with Crippen LogP contribution in [0.2, 0.25) is 5.02 Å². The van der Waals surface area contributed by atoms with E-state index in [0.717, 1.165) is 11.8 Å². The standard InChI is InChI=1S/C20H17ClN4O5S2/c1-24(32(2,29)30)15-7-5-14(6-8-15)17-12-31-20(22-17)23-19(26)10-4-13-3-9-16(21)18(11-13)25(27)28/h3-12H,1-2H3,(H,22,23,26)/b10-4+. The fourth-order valence-corrected chi connectivity index (χ4v) is 4.00. The largest absolute Gasteiger partial charge is 0.298 e. The molecule has 12 heteroatoms. The van der Waals surface area contributed by atoms with Crippen LogP contribution in [0.4, 0.5) is 16.5 Å². The number of nitro benzene ring substituents is 1. The van der Waals surface area contributed by atoms with Gasteiger partial charge in [0.25, 0.3) is 5.69 Å². The molecule has 2 aromatic carbocycles. The first-order valence-corrected chi connectivity index (χ1v) is 12.1. The van der Waals surface area contributed by atoms with Crippen molar-refractivity contribution in [1.82, 2.24) is 4.98 Å². The van der Waals surface area contributed by atoms with Crippen LogP contribution >= 0.6 is 22.9 Å². The molecule has 0 aliphatic rings. The number of hydrogen-bond acceptors (Lipinski definition) is 7. The van der Waals surface area contributed by atoms with Crippen LogP contribution in [0.15, 0.2) is 53.9 Å². The van der Waals surface area contributed by atoms with Crippen molar-refractivity contribution in [3.63, 3.8) is 0 Å². The van der Waals surface area contributed by atoms with E-state index in [1.807, 2.05) is 0 Å². The van der Waals surface area contributed by atoms with E-state index in [2.05, 4.69) is 10.3 Å². The summed E-state index contributed by atoms with van der Waals surface area (Å²) < 4.78 is 24.4. The summed E-state index contributed by atoms with van der Waals surface area (Å²) in [7, 11) is -1.88. The van der Waals surface area contributed by atoms with Gasteiger partial charge >= 0.3 is 0 Å². The van der Waals surface area contributed by atoms with Crippen LogP contribution < -0.4 is 9.62 Å². The molecule has 0 saturated heterocycles. The molecule has 9 nitrogen and oxygen atoms in total. The Balaban J connectivity index is 1.67. The minimum Gasteiger partial charge on any atom is -0.298 e. The molecule has 0 unspecified atom stereocenters. The summed E-state index contributed by atoms with van der Waals surface area (Å²) in [5, 5.41) is 15.7. The van der Waals surface area contributed by atoms with Crippen molar-refractivity contribution in [2.45, 2.75) is 0 Å². The van der Waals surface area contributed by atoms with Gasteiger partial charge in [-0.25, -0.2) is 13.4 Å². The van der Waals surface area contributed by atoms with Gasteiger partial charge in [0.2, 0.25) is 15.9 Å². The molecule has 0 bridgehead atoms. The summed E-state index contributed by atoms with van der Waals surface area (Å²) in [6.45, 7) is 0. The third kappa shape index (κ3) is 5.69. The Bertz CT molecular complexity index is 1300. The highest BCUT2D eigenvalue weighted by Gasteiger charge is 2.13. The average molecular weight is 493 g/mol. The molecule has 166 valence electrons. The minimum absolute atomic E-state index is 0.0166. The number of thiazole rings is 1. The number of halogens is 1. The van der Waals surface area contributed by atoms with Crippen molar-refractivity contribution >= 4 is 61.5 Å². The predicted octanol–water partition coefficient (Wildman–Crippen LogP) is 4.42. The van der Waals surface area contributed by atoms with Gasteiger partial charge in [0.1, 0.15) is 5.02 Å². The van der Waals surface area contributed by atoms with Crippen molar-refractivity contribution in [2.24, 2.45) is 0 Å². The Hall–Kier alpha value is -3.28. The molecule has 1 aromatic heterocycles. The first-order valence-electron chi connectivity index (χ1n) is 8.97. The van der Waals surface area contributed by atoms with Crippen LogP contribution in [0.3, 0.4) is 0 Å². The van der Waals surface area contributed by atoms with Crippen LogP contribution in [0.1, 0.15) is 5.56 Å². The van der Waals surface area contributed by atoms with Gasteiger partial charge < -0.3 is 0 Å². The highest BCUT2D eigenvalue weighted by Crippen LogP contribution is 2.28. The van der Waals surface area contributed by atoms with E-state index >= 15 is 0 Å². The van der Waals surface area contributed by atoms with E-state index in [0.29, 0.717) is 22.1 Å². The molecule has 0 spiro atoms. The van der Waals surface area contributed by atoms with Crippen molar-refractivity contribution in [1.29, 1.82) is 0 Å². The molecule has 3 aromatic rings. The zero-order chi connectivity index (χ0) is 23.5. The summed E-state index contributed by atoms with van der Waals surface area (Å²) >= 11 is 7.00. The highest BCUT2D eigenvalue weighted by atomic mass is 35.5. The molecule has 0 saturated carbocycles. The molecular weight excluding hydrogens is 476 g/mol. The number of nitrogens with zero attached hydrogens (tertiary/aromatic N) is 3. The Morgan fingerprint density at radius 2 is 1.94 bits per heavy atom. The maximum Gasteiger partial charge on any atom is 0.288 e.